The predicted octanol–water partition coefficient (Wildman–Crippen LogP) is -0.927. The maximum absolute atomic E-state index is 11.9. The lowest BCUT2D eigenvalue weighted by molar-refractivity contribution is -0.225. The minimum Gasteiger partial charge on any atom is -0.480 e. The third-order valence-electron chi connectivity index (χ3n) is 4.90. The molecule has 1 aliphatic heterocycles. The summed E-state index contributed by atoms with van der Waals surface area (Å²) < 4.78 is 27.3. The smallest absolute Gasteiger partial charge is 0.322 e. The number of carbonyl (C=O) groups excluding carboxylic acids is 5. The number of ether oxygens (including phenoxy) is 5. The van der Waals surface area contributed by atoms with E-state index in [-0.39, 0.29) is 32.7 Å². The van der Waals surface area contributed by atoms with Crippen LogP contribution in [0.15, 0.2) is 0 Å². The van der Waals surface area contributed by atoms with Crippen molar-refractivity contribution in [2.75, 3.05) is 26.4 Å². The Hall–Kier alpha value is -3.26. The largest absolute Gasteiger partial charge is 0.480 e. The standard InChI is InChI=1S/C22H34N2O12/c1-12(25)24-20-16(7-9-32-8-5-6-18(29)23-10-19(30)31)36-17(11-33-13(2)26)21(34-14(3)27)22(20)35-15(4)28/h16-17,20-22H,5-11H2,1-4H3,(H,23,29)(H,24,25)(H,30,31)/t16-,17-,20+,21+,22-/m1/s1. The first kappa shape index (κ1) is 30.8. The predicted molar refractivity (Wildman–Crippen MR) is 119 cm³/mol. The highest BCUT2D eigenvalue weighted by Gasteiger charge is 2.50. The zero-order valence-electron chi connectivity index (χ0n) is 20.8. The van der Waals surface area contributed by atoms with E-state index in [1.807, 2.05) is 0 Å². The minimum atomic E-state index is -1.16. The van der Waals surface area contributed by atoms with E-state index >= 15 is 0 Å². The van der Waals surface area contributed by atoms with Crippen molar-refractivity contribution in [3.05, 3.63) is 0 Å². The topological polar surface area (TPSA) is 193 Å². The molecule has 0 saturated carbocycles. The number of hydrogen-bond donors (Lipinski definition) is 3. The number of carboxylic acids is 1. The van der Waals surface area contributed by atoms with Gasteiger partial charge in [0.1, 0.15) is 19.3 Å². The van der Waals surface area contributed by atoms with Gasteiger partial charge in [-0.1, -0.05) is 0 Å². The number of hydrogen-bond acceptors (Lipinski definition) is 11. The van der Waals surface area contributed by atoms with Crippen LogP contribution in [0.2, 0.25) is 0 Å². The van der Waals surface area contributed by atoms with Gasteiger partial charge >= 0.3 is 23.9 Å². The van der Waals surface area contributed by atoms with Gasteiger partial charge in [0.25, 0.3) is 0 Å². The number of esters is 3. The zero-order chi connectivity index (χ0) is 27.3. The Morgan fingerprint density at radius 2 is 1.50 bits per heavy atom. The van der Waals surface area contributed by atoms with Gasteiger partial charge < -0.3 is 39.4 Å². The second kappa shape index (κ2) is 15.7. The highest BCUT2D eigenvalue weighted by molar-refractivity contribution is 5.81. The molecule has 3 N–H and O–H groups in total. The molecule has 0 radical (unpaired) electrons. The van der Waals surface area contributed by atoms with Crippen molar-refractivity contribution in [2.45, 2.75) is 77.4 Å². The molecule has 1 aliphatic rings. The first-order valence-corrected chi connectivity index (χ1v) is 11.4. The average molecular weight is 519 g/mol. The van der Waals surface area contributed by atoms with Crippen LogP contribution in [0.3, 0.4) is 0 Å². The van der Waals surface area contributed by atoms with Crippen LogP contribution in [0.5, 0.6) is 0 Å². The summed E-state index contributed by atoms with van der Waals surface area (Å²) in [6.45, 7) is 4.34. The van der Waals surface area contributed by atoms with Crippen LogP contribution >= 0.6 is 0 Å². The lowest BCUT2D eigenvalue weighted by Crippen LogP contribution is -2.66. The maximum Gasteiger partial charge on any atom is 0.322 e. The van der Waals surface area contributed by atoms with Gasteiger partial charge in [-0.05, 0) is 12.8 Å². The lowest BCUT2D eigenvalue weighted by atomic mass is 9.90. The summed E-state index contributed by atoms with van der Waals surface area (Å²) in [5.74, 6) is -3.98. The molecule has 2 amide bonds. The van der Waals surface area contributed by atoms with E-state index in [4.69, 9.17) is 28.8 Å². The molecule has 1 fully saturated rings. The van der Waals surface area contributed by atoms with Crippen molar-refractivity contribution in [2.24, 2.45) is 0 Å². The zero-order valence-corrected chi connectivity index (χ0v) is 20.8. The molecule has 14 heteroatoms. The molecule has 14 nitrogen and oxygen atoms in total. The molecule has 204 valence electrons. The van der Waals surface area contributed by atoms with Crippen molar-refractivity contribution in [3.63, 3.8) is 0 Å². The van der Waals surface area contributed by atoms with Crippen LogP contribution in [0.1, 0.15) is 47.0 Å². The van der Waals surface area contributed by atoms with E-state index in [2.05, 4.69) is 10.6 Å². The fourth-order valence-electron chi connectivity index (χ4n) is 3.57. The summed E-state index contributed by atoms with van der Waals surface area (Å²) >= 11 is 0. The Morgan fingerprint density at radius 1 is 0.861 bits per heavy atom. The second-order valence-corrected chi connectivity index (χ2v) is 8.07. The molecule has 1 rings (SSSR count). The van der Waals surface area contributed by atoms with Crippen molar-refractivity contribution in [1.82, 2.24) is 10.6 Å². The maximum atomic E-state index is 11.9. The monoisotopic (exact) mass is 518 g/mol. The molecule has 0 aromatic heterocycles. The summed E-state index contributed by atoms with van der Waals surface area (Å²) in [6.07, 6.45) is -3.44. The number of nitrogens with one attached hydrogen (secondary N) is 2. The van der Waals surface area contributed by atoms with E-state index in [0.717, 1.165) is 13.8 Å². The second-order valence-electron chi connectivity index (χ2n) is 8.07. The fourth-order valence-corrected chi connectivity index (χ4v) is 3.57. The molecule has 0 aromatic rings. The Balaban J connectivity index is 2.88. The van der Waals surface area contributed by atoms with E-state index in [9.17, 15) is 28.8 Å². The number of rotatable bonds is 14. The summed E-state index contributed by atoms with van der Waals surface area (Å²) in [6, 6.07) is -0.908. The van der Waals surface area contributed by atoms with Crippen molar-refractivity contribution in [1.29, 1.82) is 0 Å². The van der Waals surface area contributed by atoms with Crippen LogP contribution in [0, 0.1) is 0 Å². The third kappa shape index (κ3) is 11.9. The van der Waals surface area contributed by atoms with E-state index in [1.54, 1.807) is 0 Å². The van der Waals surface area contributed by atoms with E-state index in [1.165, 1.54) is 13.8 Å². The highest BCUT2D eigenvalue weighted by Crippen LogP contribution is 2.28. The van der Waals surface area contributed by atoms with Crippen molar-refractivity contribution in [3.8, 4) is 0 Å². The molecule has 0 aliphatic carbocycles. The number of carboxylic acid groups (broad SMARTS) is 1. The van der Waals surface area contributed by atoms with Gasteiger partial charge in [0.15, 0.2) is 12.2 Å². The van der Waals surface area contributed by atoms with Crippen LogP contribution in [0.4, 0.5) is 0 Å². The van der Waals surface area contributed by atoms with Crippen LogP contribution in [0.25, 0.3) is 0 Å². The lowest BCUT2D eigenvalue weighted by Gasteiger charge is -2.45. The summed E-state index contributed by atoms with van der Waals surface area (Å²) in [4.78, 5) is 68.8. The van der Waals surface area contributed by atoms with Gasteiger partial charge in [-0.3, -0.25) is 28.8 Å². The summed E-state index contributed by atoms with van der Waals surface area (Å²) in [5.41, 5.74) is 0. The van der Waals surface area contributed by atoms with Crippen LogP contribution in [-0.2, 0) is 52.5 Å². The molecule has 0 bridgehead atoms. The van der Waals surface area contributed by atoms with Crippen LogP contribution in [-0.4, -0.2) is 97.6 Å². The Kier molecular flexibility index (Phi) is 13.4. The molecule has 0 spiro atoms. The molecule has 0 aromatic carbocycles. The Labute approximate surface area is 208 Å². The van der Waals surface area contributed by atoms with E-state index < -0.39 is 72.7 Å². The number of amides is 2. The quantitative estimate of drug-likeness (QED) is 0.146. The number of carbonyl (C=O) groups is 6. The van der Waals surface area contributed by atoms with Gasteiger partial charge in [-0.25, -0.2) is 0 Å². The third-order valence-corrected chi connectivity index (χ3v) is 4.90. The van der Waals surface area contributed by atoms with Gasteiger partial charge in [-0.2, -0.15) is 0 Å². The number of aliphatic carboxylic acids is 1. The minimum absolute atomic E-state index is 0.0742. The molecule has 5 atom stereocenters. The SMILES string of the molecule is CC(=O)N[C@@H]1[C@@H](OC(C)=O)[C@@H](OC(C)=O)[C@@H](COC(C)=O)O[C@@H]1CCOCCCC(=O)NCC(=O)O. The summed E-state index contributed by atoms with van der Waals surface area (Å²) in [5, 5.41) is 13.5. The van der Waals surface area contributed by atoms with Crippen molar-refractivity contribution >= 4 is 35.7 Å². The molecular weight excluding hydrogens is 484 g/mol. The highest BCUT2D eigenvalue weighted by atomic mass is 16.6. The molecule has 0 unspecified atom stereocenters. The van der Waals surface area contributed by atoms with Crippen LogP contribution < -0.4 is 10.6 Å². The molecule has 1 heterocycles. The summed E-state index contributed by atoms with van der Waals surface area (Å²) in [7, 11) is 0. The first-order chi connectivity index (χ1) is 16.9. The Morgan fingerprint density at radius 3 is 2.06 bits per heavy atom. The molecular formula is C22H34N2O12. The normalized spacial score (nSPS) is 23.2. The van der Waals surface area contributed by atoms with Crippen molar-refractivity contribution < 1.29 is 57.6 Å². The van der Waals surface area contributed by atoms with E-state index in [0.29, 0.717) is 6.42 Å². The van der Waals surface area contributed by atoms with Gasteiger partial charge in [0, 0.05) is 47.3 Å². The first-order valence-electron chi connectivity index (χ1n) is 11.4. The van der Waals surface area contributed by atoms with Gasteiger partial charge in [0.2, 0.25) is 11.8 Å². The average Bonchev–Trinajstić information content (AvgIpc) is 2.76. The fraction of sp³-hybridized carbons (Fsp3) is 0.727. The Bertz CT molecular complexity index is 802. The molecule has 1 saturated heterocycles. The molecule has 36 heavy (non-hydrogen) atoms. The van der Waals surface area contributed by atoms with Gasteiger partial charge in [0.05, 0.1) is 12.1 Å². The van der Waals surface area contributed by atoms with Gasteiger partial charge in [-0.15, -0.1) is 0 Å².